The van der Waals surface area contributed by atoms with Crippen molar-refractivity contribution in [1.82, 2.24) is 9.55 Å². The van der Waals surface area contributed by atoms with Gasteiger partial charge in [0.25, 0.3) is 5.56 Å². The fraction of sp³-hybridized carbons (Fsp3) is 0.200. The van der Waals surface area contributed by atoms with E-state index in [0.29, 0.717) is 16.7 Å². The fourth-order valence-electron chi connectivity index (χ4n) is 1.34. The standard InChI is InChI=1S/C10H10N2O3/c1-12-6-11-9-4-3-7(15-14-2)5-8(9)10(12)13/h3-6H,1-2H3. The van der Waals surface area contributed by atoms with Crippen molar-refractivity contribution in [3.8, 4) is 5.75 Å². The molecule has 2 aromatic rings. The lowest BCUT2D eigenvalue weighted by molar-refractivity contribution is -0.178. The molecular formula is C10H10N2O3. The third kappa shape index (κ3) is 1.69. The topological polar surface area (TPSA) is 53.4 Å². The zero-order valence-corrected chi connectivity index (χ0v) is 8.43. The van der Waals surface area contributed by atoms with Gasteiger partial charge in [-0.3, -0.25) is 4.79 Å². The van der Waals surface area contributed by atoms with Gasteiger partial charge in [-0.05, 0) is 18.2 Å². The quantitative estimate of drug-likeness (QED) is 0.540. The van der Waals surface area contributed by atoms with Crippen LogP contribution in [0.1, 0.15) is 0 Å². The van der Waals surface area contributed by atoms with Gasteiger partial charge in [0.05, 0.1) is 24.3 Å². The van der Waals surface area contributed by atoms with Crippen LogP contribution in [0.3, 0.4) is 0 Å². The number of aromatic nitrogens is 2. The highest BCUT2D eigenvalue weighted by Crippen LogP contribution is 2.16. The highest BCUT2D eigenvalue weighted by molar-refractivity contribution is 5.78. The maximum absolute atomic E-state index is 11.7. The highest BCUT2D eigenvalue weighted by Gasteiger charge is 2.03. The maximum Gasteiger partial charge on any atom is 0.261 e. The van der Waals surface area contributed by atoms with Gasteiger partial charge in [0, 0.05) is 7.05 Å². The number of aryl methyl sites for hydroxylation is 1. The van der Waals surface area contributed by atoms with Gasteiger partial charge in [-0.1, -0.05) is 0 Å². The van der Waals surface area contributed by atoms with Crippen LogP contribution < -0.4 is 10.4 Å². The van der Waals surface area contributed by atoms with E-state index in [-0.39, 0.29) is 5.56 Å². The highest BCUT2D eigenvalue weighted by atomic mass is 17.2. The van der Waals surface area contributed by atoms with Gasteiger partial charge in [-0.15, -0.1) is 0 Å². The van der Waals surface area contributed by atoms with Crippen molar-refractivity contribution in [1.29, 1.82) is 0 Å². The van der Waals surface area contributed by atoms with Crippen molar-refractivity contribution in [3.63, 3.8) is 0 Å². The van der Waals surface area contributed by atoms with E-state index in [1.165, 1.54) is 18.0 Å². The van der Waals surface area contributed by atoms with Crippen molar-refractivity contribution in [2.75, 3.05) is 7.11 Å². The third-order valence-corrected chi connectivity index (χ3v) is 2.07. The predicted molar refractivity (Wildman–Crippen MR) is 54.6 cm³/mol. The molecule has 0 amide bonds. The molecule has 0 saturated carbocycles. The molecule has 0 N–H and O–H groups in total. The molecule has 2 rings (SSSR count). The van der Waals surface area contributed by atoms with Crippen LogP contribution in [0.2, 0.25) is 0 Å². The summed E-state index contributed by atoms with van der Waals surface area (Å²) in [5.41, 5.74) is 0.531. The minimum absolute atomic E-state index is 0.110. The van der Waals surface area contributed by atoms with E-state index in [1.54, 1.807) is 25.2 Å². The van der Waals surface area contributed by atoms with Crippen LogP contribution in [0, 0.1) is 0 Å². The van der Waals surface area contributed by atoms with Crippen LogP contribution in [0.25, 0.3) is 10.9 Å². The van der Waals surface area contributed by atoms with E-state index in [0.717, 1.165) is 0 Å². The van der Waals surface area contributed by atoms with Gasteiger partial charge in [-0.25, -0.2) is 4.98 Å². The molecule has 0 unspecified atom stereocenters. The molecule has 0 radical (unpaired) electrons. The van der Waals surface area contributed by atoms with Crippen LogP contribution in [0.4, 0.5) is 0 Å². The molecule has 0 aliphatic carbocycles. The average Bonchev–Trinajstić information content (AvgIpc) is 2.25. The molecule has 5 heteroatoms. The Bertz CT molecular complexity index is 548. The first-order valence-corrected chi connectivity index (χ1v) is 4.38. The van der Waals surface area contributed by atoms with Crippen molar-refractivity contribution in [2.45, 2.75) is 0 Å². The molecule has 5 nitrogen and oxygen atoms in total. The number of rotatable bonds is 2. The molecule has 0 spiro atoms. The fourth-order valence-corrected chi connectivity index (χ4v) is 1.34. The zero-order chi connectivity index (χ0) is 10.8. The number of hydrogen-bond donors (Lipinski definition) is 0. The largest absolute Gasteiger partial charge is 0.338 e. The Morgan fingerprint density at radius 3 is 2.93 bits per heavy atom. The van der Waals surface area contributed by atoms with Gasteiger partial charge in [0.2, 0.25) is 0 Å². The Balaban J connectivity index is 2.68. The van der Waals surface area contributed by atoms with Crippen LogP contribution in [0.15, 0.2) is 29.3 Å². The molecule has 1 aromatic heterocycles. The SMILES string of the molecule is COOc1ccc2ncn(C)c(=O)c2c1. The second-order valence-corrected chi connectivity index (χ2v) is 3.09. The predicted octanol–water partition coefficient (Wildman–Crippen LogP) is 0.874. The molecule has 0 saturated heterocycles. The van der Waals surface area contributed by atoms with Gasteiger partial charge in [0.15, 0.2) is 5.75 Å². The minimum Gasteiger partial charge on any atom is -0.338 e. The smallest absolute Gasteiger partial charge is 0.261 e. The van der Waals surface area contributed by atoms with E-state index in [4.69, 9.17) is 4.89 Å². The molecule has 0 aliphatic rings. The van der Waals surface area contributed by atoms with E-state index in [1.807, 2.05) is 0 Å². The molecular weight excluding hydrogens is 196 g/mol. The number of nitrogens with zero attached hydrogens (tertiary/aromatic N) is 2. The first-order valence-electron chi connectivity index (χ1n) is 4.38. The summed E-state index contributed by atoms with van der Waals surface area (Å²) in [7, 11) is 3.06. The molecule has 1 aromatic carbocycles. The Labute approximate surface area is 85.8 Å². The lowest BCUT2D eigenvalue weighted by Gasteiger charge is -2.03. The Morgan fingerprint density at radius 1 is 1.40 bits per heavy atom. The van der Waals surface area contributed by atoms with Crippen molar-refractivity contribution >= 4 is 10.9 Å². The van der Waals surface area contributed by atoms with E-state index in [2.05, 4.69) is 9.87 Å². The first-order chi connectivity index (χ1) is 7.22. The maximum atomic E-state index is 11.7. The minimum atomic E-state index is -0.110. The molecule has 78 valence electrons. The number of benzene rings is 1. The Hall–Kier alpha value is -1.88. The lowest BCUT2D eigenvalue weighted by Crippen LogP contribution is -2.16. The summed E-state index contributed by atoms with van der Waals surface area (Å²) < 4.78 is 1.42. The summed E-state index contributed by atoms with van der Waals surface area (Å²) in [6.45, 7) is 0. The van der Waals surface area contributed by atoms with E-state index in [9.17, 15) is 4.79 Å². The van der Waals surface area contributed by atoms with Crippen LogP contribution in [0.5, 0.6) is 5.75 Å². The molecule has 15 heavy (non-hydrogen) atoms. The van der Waals surface area contributed by atoms with Gasteiger partial charge in [-0.2, -0.15) is 4.89 Å². The summed E-state index contributed by atoms with van der Waals surface area (Å²) in [4.78, 5) is 25.2. The summed E-state index contributed by atoms with van der Waals surface area (Å²) in [6, 6.07) is 5.01. The number of fused-ring (bicyclic) bond motifs is 1. The first kappa shape index (κ1) is 9.67. The van der Waals surface area contributed by atoms with Gasteiger partial charge in [0.1, 0.15) is 0 Å². The van der Waals surface area contributed by atoms with Crippen molar-refractivity contribution in [3.05, 3.63) is 34.9 Å². The van der Waals surface area contributed by atoms with Gasteiger partial charge < -0.3 is 9.45 Å². The van der Waals surface area contributed by atoms with Crippen LogP contribution >= 0.6 is 0 Å². The molecule has 1 heterocycles. The van der Waals surface area contributed by atoms with Crippen LogP contribution in [-0.2, 0) is 11.9 Å². The summed E-state index contributed by atoms with van der Waals surface area (Å²) in [5.74, 6) is 0.482. The van der Waals surface area contributed by atoms with Crippen molar-refractivity contribution in [2.24, 2.45) is 7.05 Å². The van der Waals surface area contributed by atoms with E-state index >= 15 is 0 Å². The molecule has 0 fully saturated rings. The third-order valence-electron chi connectivity index (χ3n) is 2.07. The molecule has 0 bridgehead atoms. The normalized spacial score (nSPS) is 10.5. The monoisotopic (exact) mass is 206 g/mol. The molecule has 0 atom stereocenters. The van der Waals surface area contributed by atoms with Crippen molar-refractivity contribution < 1.29 is 9.78 Å². The summed E-state index contributed by atoms with van der Waals surface area (Å²) >= 11 is 0. The van der Waals surface area contributed by atoms with Gasteiger partial charge >= 0.3 is 0 Å². The molecule has 0 aliphatic heterocycles. The average molecular weight is 206 g/mol. The second-order valence-electron chi connectivity index (χ2n) is 3.09. The van der Waals surface area contributed by atoms with Crippen LogP contribution in [-0.4, -0.2) is 16.7 Å². The van der Waals surface area contributed by atoms with E-state index < -0.39 is 0 Å². The zero-order valence-electron chi connectivity index (χ0n) is 8.43. The Morgan fingerprint density at radius 2 is 2.20 bits per heavy atom. The number of hydrogen-bond acceptors (Lipinski definition) is 4. The second kappa shape index (κ2) is 3.70. The lowest BCUT2D eigenvalue weighted by atomic mass is 10.2. The summed E-state index contributed by atoms with van der Waals surface area (Å²) in [5, 5.41) is 0.509. The summed E-state index contributed by atoms with van der Waals surface area (Å²) in [6.07, 6.45) is 1.49. The Kier molecular flexibility index (Phi) is 2.39.